The monoisotopic (exact) mass is 254 g/mol. The van der Waals surface area contributed by atoms with Crippen LogP contribution in [0.5, 0.6) is 0 Å². The molecule has 2 nitrogen and oxygen atoms in total. The summed E-state index contributed by atoms with van der Waals surface area (Å²) in [6, 6.07) is 19.2. The summed E-state index contributed by atoms with van der Waals surface area (Å²) in [4.78, 5) is 13.5. The maximum Gasteiger partial charge on any atom is 0.350 e. The van der Waals surface area contributed by atoms with Crippen LogP contribution in [0.3, 0.4) is 0 Å². The molecule has 0 N–H and O–H groups in total. The molecule has 0 amide bonds. The van der Waals surface area contributed by atoms with Crippen LogP contribution in [0.15, 0.2) is 79.7 Å². The lowest BCUT2D eigenvalue weighted by atomic mass is 10.2. The zero-order chi connectivity index (χ0) is 12.4. The van der Waals surface area contributed by atoms with Gasteiger partial charge in [-0.25, -0.2) is 4.79 Å². The van der Waals surface area contributed by atoms with Crippen LogP contribution in [-0.2, 0) is 0 Å². The average Bonchev–Trinajstić information content (AvgIpc) is 2.41. The Bertz CT molecular complexity index is 732. The number of hydrogen-bond donors (Lipinski definition) is 0. The van der Waals surface area contributed by atoms with E-state index in [4.69, 9.17) is 4.42 Å². The Morgan fingerprint density at radius 2 is 1.61 bits per heavy atom. The summed E-state index contributed by atoms with van der Waals surface area (Å²) in [5.74, 6) is 0. The van der Waals surface area contributed by atoms with Gasteiger partial charge in [0, 0.05) is 10.3 Å². The first kappa shape index (κ1) is 11.1. The second-order valence-corrected chi connectivity index (χ2v) is 4.97. The molecule has 0 bridgehead atoms. The molecule has 0 atom stereocenters. The summed E-state index contributed by atoms with van der Waals surface area (Å²) in [7, 11) is 0. The lowest BCUT2D eigenvalue weighted by molar-refractivity contribution is 0.544. The van der Waals surface area contributed by atoms with Crippen molar-refractivity contribution in [2.45, 2.75) is 9.79 Å². The predicted molar refractivity (Wildman–Crippen MR) is 73.0 cm³/mol. The van der Waals surface area contributed by atoms with Crippen LogP contribution in [0, 0.1) is 0 Å². The van der Waals surface area contributed by atoms with Crippen LogP contribution < -0.4 is 5.63 Å². The van der Waals surface area contributed by atoms with Crippen LogP contribution in [-0.4, -0.2) is 0 Å². The molecule has 0 spiro atoms. The molecule has 0 saturated carbocycles. The third-order valence-corrected chi connectivity index (χ3v) is 3.59. The first-order valence-corrected chi connectivity index (χ1v) is 6.40. The highest BCUT2D eigenvalue weighted by atomic mass is 32.2. The highest BCUT2D eigenvalue weighted by molar-refractivity contribution is 7.99. The van der Waals surface area contributed by atoms with Crippen molar-refractivity contribution in [2.24, 2.45) is 0 Å². The maximum absolute atomic E-state index is 11.9. The van der Waals surface area contributed by atoms with Gasteiger partial charge in [-0.15, -0.1) is 0 Å². The largest absolute Gasteiger partial charge is 0.422 e. The molecule has 18 heavy (non-hydrogen) atoms. The van der Waals surface area contributed by atoms with Crippen molar-refractivity contribution in [1.29, 1.82) is 0 Å². The van der Waals surface area contributed by atoms with Crippen LogP contribution in [0.4, 0.5) is 0 Å². The summed E-state index contributed by atoms with van der Waals surface area (Å²) in [6.45, 7) is 0. The van der Waals surface area contributed by atoms with E-state index in [0.29, 0.717) is 10.5 Å². The summed E-state index contributed by atoms with van der Waals surface area (Å²) in [6.07, 6.45) is 0. The SMILES string of the molecule is O=c1oc2ccccc2cc1Sc1ccccc1. The van der Waals surface area contributed by atoms with Gasteiger partial charge in [0.15, 0.2) is 0 Å². The molecule has 0 aliphatic rings. The minimum absolute atomic E-state index is 0.289. The van der Waals surface area contributed by atoms with Crippen LogP contribution in [0.1, 0.15) is 0 Å². The molecule has 0 aliphatic carbocycles. The Hall–Kier alpha value is -2.00. The number of rotatable bonds is 2. The first-order chi connectivity index (χ1) is 8.83. The summed E-state index contributed by atoms with van der Waals surface area (Å²) in [5, 5.41) is 0.940. The van der Waals surface area contributed by atoms with Gasteiger partial charge in [0.2, 0.25) is 0 Å². The van der Waals surface area contributed by atoms with E-state index in [1.807, 2.05) is 54.6 Å². The molecule has 3 heteroatoms. The van der Waals surface area contributed by atoms with E-state index in [9.17, 15) is 4.79 Å². The van der Waals surface area contributed by atoms with Crippen molar-refractivity contribution >= 4 is 22.7 Å². The zero-order valence-electron chi connectivity index (χ0n) is 9.50. The number of benzene rings is 2. The Kier molecular flexibility index (Phi) is 2.90. The van der Waals surface area contributed by atoms with E-state index in [2.05, 4.69) is 0 Å². The van der Waals surface area contributed by atoms with Gasteiger partial charge in [-0.3, -0.25) is 0 Å². The van der Waals surface area contributed by atoms with E-state index in [1.165, 1.54) is 11.8 Å². The lowest BCUT2D eigenvalue weighted by Gasteiger charge is -2.01. The third-order valence-electron chi connectivity index (χ3n) is 2.58. The maximum atomic E-state index is 11.9. The van der Waals surface area contributed by atoms with Gasteiger partial charge in [0.1, 0.15) is 5.58 Å². The van der Waals surface area contributed by atoms with Crippen LogP contribution in [0.25, 0.3) is 11.0 Å². The van der Waals surface area contributed by atoms with Gasteiger partial charge in [-0.1, -0.05) is 48.2 Å². The molecule has 0 unspecified atom stereocenters. The fourth-order valence-corrected chi connectivity index (χ4v) is 2.59. The van der Waals surface area contributed by atoms with Gasteiger partial charge in [0.05, 0.1) is 4.90 Å². The van der Waals surface area contributed by atoms with Crippen molar-refractivity contribution in [3.8, 4) is 0 Å². The topological polar surface area (TPSA) is 30.2 Å². The quantitative estimate of drug-likeness (QED) is 0.649. The number of hydrogen-bond acceptors (Lipinski definition) is 3. The molecule has 3 rings (SSSR count). The number of fused-ring (bicyclic) bond motifs is 1. The minimum Gasteiger partial charge on any atom is -0.422 e. The highest BCUT2D eigenvalue weighted by Crippen LogP contribution is 2.26. The molecule has 88 valence electrons. The van der Waals surface area contributed by atoms with Crippen molar-refractivity contribution in [1.82, 2.24) is 0 Å². The average molecular weight is 254 g/mol. The van der Waals surface area contributed by atoms with E-state index >= 15 is 0 Å². The predicted octanol–water partition coefficient (Wildman–Crippen LogP) is 3.94. The van der Waals surface area contributed by atoms with Gasteiger partial charge >= 0.3 is 5.63 Å². The molecule has 0 saturated heterocycles. The fraction of sp³-hybridized carbons (Fsp3) is 0. The summed E-state index contributed by atoms with van der Waals surface area (Å²) >= 11 is 1.42. The standard InChI is InChI=1S/C15H10O2S/c16-15-14(18-12-7-2-1-3-8-12)10-11-6-4-5-9-13(11)17-15/h1-10H. The molecule has 0 radical (unpaired) electrons. The Morgan fingerprint density at radius 1 is 0.889 bits per heavy atom. The van der Waals surface area contributed by atoms with Crippen molar-refractivity contribution in [3.05, 3.63) is 71.1 Å². The molecule has 1 heterocycles. The molecular weight excluding hydrogens is 244 g/mol. The Labute approximate surface area is 108 Å². The van der Waals surface area contributed by atoms with Crippen LogP contribution in [0.2, 0.25) is 0 Å². The van der Waals surface area contributed by atoms with Crippen molar-refractivity contribution in [3.63, 3.8) is 0 Å². The van der Waals surface area contributed by atoms with Crippen LogP contribution >= 0.6 is 11.8 Å². The highest BCUT2D eigenvalue weighted by Gasteiger charge is 2.06. The molecule has 0 aliphatic heterocycles. The second-order valence-electron chi connectivity index (χ2n) is 3.85. The molecule has 1 aromatic heterocycles. The second kappa shape index (κ2) is 4.70. The third kappa shape index (κ3) is 2.17. The summed E-state index contributed by atoms with van der Waals surface area (Å²) < 4.78 is 5.29. The van der Waals surface area contributed by atoms with E-state index in [-0.39, 0.29) is 5.63 Å². The molecule has 0 fully saturated rings. The smallest absolute Gasteiger partial charge is 0.350 e. The molecular formula is C15H10O2S. The first-order valence-electron chi connectivity index (χ1n) is 5.59. The number of para-hydroxylation sites is 1. The van der Waals surface area contributed by atoms with E-state index < -0.39 is 0 Å². The van der Waals surface area contributed by atoms with Crippen molar-refractivity contribution in [2.75, 3.05) is 0 Å². The summed E-state index contributed by atoms with van der Waals surface area (Å²) in [5.41, 5.74) is 0.336. The van der Waals surface area contributed by atoms with Gasteiger partial charge in [-0.05, 0) is 24.3 Å². The van der Waals surface area contributed by atoms with E-state index in [1.54, 1.807) is 6.07 Å². The van der Waals surface area contributed by atoms with Crippen molar-refractivity contribution < 1.29 is 4.42 Å². The van der Waals surface area contributed by atoms with Gasteiger partial charge < -0.3 is 4.42 Å². The minimum atomic E-state index is -0.289. The molecule has 3 aromatic rings. The zero-order valence-corrected chi connectivity index (χ0v) is 10.3. The van der Waals surface area contributed by atoms with Gasteiger partial charge in [0.25, 0.3) is 0 Å². The Morgan fingerprint density at radius 3 is 2.44 bits per heavy atom. The Balaban J connectivity index is 2.07. The lowest BCUT2D eigenvalue weighted by Crippen LogP contribution is -2.00. The normalized spacial score (nSPS) is 10.7. The fourth-order valence-electron chi connectivity index (χ4n) is 1.73. The van der Waals surface area contributed by atoms with E-state index in [0.717, 1.165) is 10.3 Å². The van der Waals surface area contributed by atoms with Gasteiger partial charge in [-0.2, -0.15) is 0 Å². The molecule has 2 aromatic carbocycles.